The molecule has 0 atom stereocenters. The molecule has 2 rings (SSSR count). The average Bonchev–Trinajstić information content (AvgIpc) is 2.42. The van der Waals surface area contributed by atoms with Crippen LogP contribution in [0.25, 0.3) is 10.8 Å². The quantitative estimate of drug-likeness (QED) is 0.794. The maximum Gasteiger partial charge on any atom is 0.335 e. The summed E-state index contributed by atoms with van der Waals surface area (Å²) in [5, 5.41) is 14.1. The molecule has 0 heterocycles. The molecule has 2 aromatic rings. The topological polar surface area (TPSA) is 58.6 Å². The Balaban J connectivity index is 2.06. The van der Waals surface area contributed by atoms with Crippen molar-refractivity contribution in [1.82, 2.24) is 5.32 Å². The van der Waals surface area contributed by atoms with Gasteiger partial charge in [0.1, 0.15) is 12.4 Å². The van der Waals surface area contributed by atoms with Gasteiger partial charge in [-0.2, -0.15) is 0 Å². The van der Waals surface area contributed by atoms with Crippen molar-refractivity contribution in [2.24, 2.45) is 0 Å². The number of ether oxygens (including phenoxy) is 1. The predicted octanol–water partition coefficient (Wildman–Crippen LogP) is 2.91. The van der Waals surface area contributed by atoms with Crippen molar-refractivity contribution in [3.05, 3.63) is 42.0 Å². The van der Waals surface area contributed by atoms with Crippen LogP contribution in [0.5, 0.6) is 5.75 Å². The van der Waals surface area contributed by atoms with Gasteiger partial charge in [-0.15, -0.1) is 0 Å². The number of benzene rings is 2. The molecule has 2 N–H and O–H groups in total. The molecule has 0 saturated carbocycles. The van der Waals surface area contributed by atoms with Crippen LogP contribution in [-0.2, 0) is 0 Å². The van der Waals surface area contributed by atoms with Crippen molar-refractivity contribution in [2.45, 2.75) is 19.9 Å². The van der Waals surface area contributed by atoms with Crippen LogP contribution in [0.15, 0.2) is 36.4 Å². The van der Waals surface area contributed by atoms with E-state index in [1.54, 1.807) is 18.2 Å². The van der Waals surface area contributed by atoms with Crippen molar-refractivity contribution in [1.29, 1.82) is 0 Å². The fourth-order valence-corrected chi connectivity index (χ4v) is 1.96. The second-order valence-electron chi connectivity index (χ2n) is 4.99. The SMILES string of the molecule is CC(C)NCCOc1ccc2cc(C(=O)O)ccc2c1. The number of carboxylic acid groups (broad SMARTS) is 1. The van der Waals surface area contributed by atoms with Crippen LogP contribution in [0, 0.1) is 0 Å². The van der Waals surface area contributed by atoms with E-state index in [0.29, 0.717) is 18.2 Å². The van der Waals surface area contributed by atoms with E-state index in [1.807, 2.05) is 18.2 Å². The molecular formula is C16H19NO3. The Kier molecular flexibility index (Phi) is 4.58. The second kappa shape index (κ2) is 6.39. The Morgan fingerprint density at radius 2 is 1.90 bits per heavy atom. The van der Waals surface area contributed by atoms with Crippen LogP contribution in [-0.4, -0.2) is 30.3 Å². The Morgan fingerprint density at radius 1 is 1.20 bits per heavy atom. The van der Waals surface area contributed by atoms with E-state index in [1.165, 1.54) is 0 Å². The van der Waals surface area contributed by atoms with E-state index in [4.69, 9.17) is 9.84 Å². The molecule has 2 aromatic carbocycles. The lowest BCUT2D eigenvalue weighted by atomic mass is 10.1. The lowest BCUT2D eigenvalue weighted by Gasteiger charge is -2.10. The fraction of sp³-hybridized carbons (Fsp3) is 0.312. The van der Waals surface area contributed by atoms with E-state index in [-0.39, 0.29) is 0 Å². The van der Waals surface area contributed by atoms with Gasteiger partial charge in [0.25, 0.3) is 0 Å². The third kappa shape index (κ3) is 3.71. The summed E-state index contributed by atoms with van der Waals surface area (Å²) in [6, 6.07) is 11.2. The van der Waals surface area contributed by atoms with E-state index in [2.05, 4.69) is 19.2 Å². The van der Waals surface area contributed by atoms with Gasteiger partial charge in [0.05, 0.1) is 5.56 Å². The molecule has 0 bridgehead atoms. The van der Waals surface area contributed by atoms with Gasteiger partial charge in [-0.25, -0.2) is 4.79 Å². The monoisotopic (exact) mass is 273 g/mol. The molecule has 0 aliphatic carbocycles. The molecule has 20 heavy (non-hydrogen) atoms. The Morgan fingerprint density at radius 3 is 2.60 bits per heavy atom. The fourth-order valence-electron chi connectivity index (χ4n) is 1.96. The van der Waals surface area contributed by atoms with Gasteiger partial charge in [0.15, 0.2) is 0 Å². The number of carboxylic acids is 1. The van der Waals surface area contributed by atoms with Crippen molar-refractivity contribution < 1.29 is 14.6 Å². The molecule has 0 aliphatic rings. The molecule has 0 unspecified atom stereocenters. The Bertz CT molecular complexity index is 608. The minimum Gasteiger partial charge on any atom is -0.492 e. The number of aromatic carboxylic acids is 1. The molecule has 0 spiro atoms. The predicted molar refractivity (Wildman–Crippen MR) is 79.5 cm³/mol. The normalized spacial score (nSPS) is 10.9. The highest BCUT2D eigenvalue weighted by atomic mass is 16.5. The standard InChI is InChI=1S/C16H19NO3/c1-11(2)17-7-8-20-15-6-5-12-9-14(16(18)19)4-3-13(12)10-15/h3-6,9-11,17H,7-8H2,1-2H3,(H,18,19). The largest absolute Gasteiger partial charge is 0.492 e. The molecule has 4 nitrogen and oxygen atoms in total. The minimum absolute atomic E-state index is 0.298. The van der Waals surface area contributed by atoms with Gasteiger partial charge in [-0.3, -0.25) is 0 Å². The molecular weight excluding hydrogens is 254 g/mol. The Labute approximate surface area is 118 Å². The average molecular weight is 273 g/mol. The second-order valence-corrected chi connectivity index (χ2v) is 4.99. The zero-order valence-corrected chi connectivity index (χ0v) is 11.7. The van der Waals surface area contributed by atoms with Crippen LogP contribution in [0.3, 0.4) is 0 Å². The molecule has 0 aromatic heterocycles. The highest BCUT2D eigenvalue weighted by Crippen LogP contribution is 2.22. The first kappa shape index (κ1) is 14.3. The number of fused-ring (bicyclic) bond motifs is 1. The zero-order chi connectivity index (χ0) is 14.5. The lowest BCUT2D eigenvalue weighted by molar-refractivity contribution is 0.0697. The van der Waals surface area contributed by atoms with Crippen LogP contribution in [0.4, 0.5) is 0 Å². The summed E-state index contributed by atoms with van der Waals surface area (Å²) in [5.41, 5.74) is 0.298. The van der Waals surface area contributed by atoms with Gasteiger partial charge in [0, 0.05) is 12.6 Å². The molecule has 106 valence electrons. The van der Waals surface area contributed by atoms with Crippen LogP contribution >= 0.6 is 0 Å². The number of nitrogens with one attached hydrogen (secondary N) is 1. The third-order valence-electron chi connectivity index (χ3n) is 2.98. The van der Waals surface area contributed by atoms with E-state index in [9.17, 15) is 4.79 Å². The summed E-state index contributed by atoms with van der Waals surface area (Å²) in [6.07, 6.45) is 0. The summed E-state index contributed by atoms with van der Waals surface area (Å²) in [7, 11) is 0. The maximum absolute atomic E-state index is 10.9. The van der Waals surface area contributed by atoms with Crippen molar-refractivity contribution >= 4 is 16.7 Å². The number of rotatable bonds is 6. The van der Waals surface area contributed by atoms with Gasteiger partial charge < -0.3 is 15.2 Å². The molecule has 4 heteroatoms. The summed E-state index contributed by atoms with van der Waals surface area (Å²) < 4.78 is 5.66. The highest BCUT2D eigenvalue weighted by Gasteiger charge is 2.04. The van der Waals surface area contributed by atoms with E-state index < -0.39 is 5.97 Å². The first-order valence-electron chi connectivity index (χ1n) is 6.69. The first-order valence-corrected chi connectivity index (χ1v) is 6.69. The van der Waals surface area contributed by atoms with Crippen molar-refractivity contribution in [3.63, 3.8) is 0 Å². The van der Waals surface area contributed by atoms with Crippen LogP contribution in [0.1, 0.15) is 24.2 Å². The molecule has 0 saturated heterocycles. The highest BCUT2D eigenvalue weighted by molar-refractivity contribution is 5.94. The Hall–Kier alpha value is -2.07. The third-order valence-corrected chi connectivity index (χ3v) is 2.98. The molecule has 0 aliphatic heterocycles. The summed E-state index contributed by atoms with van der Waals surface area (Å²) in [6.45, 7) is 5.59. The molecule has 0 fully saturated rings. The summed E-state index contributed by atoms with van der Waals surface area (Å²) in [4.78, 5) is 10.9. The van der Waals surface area contributed by atoms with Crippen molar-refractivity contribution in [2.75, 3.05) is 13.2 Å². The zero-order valence-electron chi connectivity index (χ0n) is 11.7. The number of carbonyl (C=O) groups is 1. The number of hydrogen-bond donors (Lipinski definition) is 2. The van der Waals surface area contributed by atoms with Gasteiger partial charge >= 0.3 is 5.97 Å². The minimum atomic E-state index is -0.910. The molecule has 0 radical (unpaired) electrons. The van der Waals surface area contributed by atoms with Crippen LogP contribution in [0.2, 0.25) is 0 Å². The lowest BCUT2D eigenvalue weighted by Crippen LogP contribution is -2.27. The van der Waals surface area contributed by atoms with Gasteiger partial charge in [-0.05, 0) is 35.0 Å². The van der Waals surface area contributed by atoms with Crippen LogP contribution < -0.4 is 10.1 Å². The van der Waals surface area contributed by atoms with Gasteiger partial charge in [0.2, 0.25) is 0 Å². The maximum atomic E-state index is 10.9. The van der Waals surface area contributed by atoms with Gasteiger partial charge in [-0.1, -0.05) is 26.0 Å². The first-order chi connectivity index (χ1) is 9.56. The smallest absolute Gasteiger partial charge is 0.335 e. The molecule has 0 amide bonds. The van der Waals surface area contributed by atoms with E-state index >= 15 is 0 Å². The summed E-state index contributed by atoms with van der Waals surface area (Å²) >= 11 is 0. The van der Waals surface area contributed by atoms with E-state index in [0.717, 1.165) is 23.1 Å². The number of hydrogen-bond acceptors (Lipinski definition) is 3. The summed E-state index contributed by atoms with van der Waals surface area (Å²) in [5.74, 6) is -0.113. The van der Waals surface area contributed by atoms with Crippen molar-refractivity contribution in [3.8, 4) is 5.75 Å².